The maximum Gasteiger partial charge on any atom is 0.333 e. The van der Waals surface area contributed by atoms with Crippen LogP contribution in [0.4, 0.5) is 10.5 Å². The molecular weight excluding hydrogens is 392 g/mol. The van der Waals surface area contributed by atoms with Crippen molar-refractivity contribution in [3.05, 3.63) is 66.7 Å². The highest BCUT2D eigenvalue weighted by Crippen LogP contribution is 2.25. The van der Waals surface area contributed by atoms with Gasteiger partial charge in [-0.1, -0.05) is 62.2 Å². The van der Waals surface area contributed by atoms with Gasteiger partial charge in [-0.2, -0.15) is 0 Å². The van der Waals surface area contributed by atoms with Crippen molar-refractivity contribution in [3.63, 3.8) is 0 Å². The van der Waals surface area contributed by atoms with E-state index in [4.69, 9.17) is 4.74 Å². The number of hydrogen-bond acceptors (Lipinski definition) is 3. The molecule has 166 valence electrons. The van der Waals surface area contributed by atoms with Crippen LogP contribution in [0.1, 0.15) is 31.7 Å². The molecule has 2 aromatic rings. The molecule has 0 heterocycles. The highest BCUT2D eigenvalue weighted by atomic mass is 16.5. The van der Waals surface area contributed by atoms with Gasteiger partial charge in [0.2, 0.25) is 0 Å². The number of carbonyl (C=O) groups excluding carboxylic acids is 1. The smallest absolute Gasteiger partial charge is 0.333 e. The van der Waals surface area contributed by atoms with Crippen LogP contribution in [0.2, 0.25) is 0 Å². The van der Waals surface area contributed by atoms with Gasteiger partial charge in [-0.25, -0.2) is 9.59 Å². The Labute approximate surface area is 184 Å². The first kappa shape index (κ1) is 24.2. The number of urea groups is 1. The van der Waals surface area contributed by atoms with E-state index >= 15 is 0 Å². The van der Waals surface area contributed by atoms with Crippen molar-refractivity contribution in [1.82, 2.24) is 5.32 Å². The number of hydrogen-bond donors (Lipinski definition) is 2. The molecular formula is C25H32N2O4. The summed E-state index contributed by atoms with van der Waals surface area (Å²) in [6.45, 7) is 6.55. The van der Waals surface area contributed by atoms with Crippen molar-refractivity contribution < 1.29 is 19.4 Å². The molecule has 2 N–H and O–H groups in total. The van der Waals surface area contributed by atoms with Gasteiger partial charge in [0.05, 0.1) is 6.61 Å². The summed E-state index contributed by atoms with van der Waals surface area (Å²) in [5.74, 6) is -0.991. The Morgan fingerprint density at radius 3 is 2.55 bits per heavy atom. The zero-order valence-corrected chi connectivity index (χ0v) is 18.3. The van der Waals surface area contributed by atoms with Crippen LogP contribution >= 0.6 is 0 Å². The molecule has 0 spiro atoms. The number of ether oxygens (including phenoxy) is 1. The average molecular weight is 425 g/mol. The third-order valence-electron chi connectivity index (χ3n) is 4.99. The van der Waals surface area contributed by atoms with E-state index in [0.29, 0.717) is 6.54 Å². The van der Waals surface area contributed by atoms with Gasteiger partial charge in [-0.05, 0) is 35.2 Å². The molecule has 0 aromatic heterocycles. The Balaban J connectivity index is 2.05. The van der Waals surface area contributed by atoms with Crippen molar-refractivity contribution in [2.24, 2.45) is 0 Å². The summed E-state index contributed by atoms with van der Waals surface area (Å²) in [6.07, 6.45) is 4.11. The summed E-state index contributed by atoms with van der Waals surface area (Å²) in [5, 5.41) is 12.3. The zero-order valence-electron chi connectivity index (χ0n) is 18.3. The molecule has 1 unspecified atom stereocenters. The molecule has 0 aliphatic carbocycles. The fraction of sp³-hybridized carbons (Fsp3) is 0.360. The number of carboxylic acids is 1. The lowest BCUT2D eigenvalue weighted by Gasteiger charge is -2.19. The number of carbonyl (C=O) groups is 2. The second-order valence-corrected chi connectivity index (χ2v) is 7.40. The second kappa shape index (κ2) is 12.5. The molecule has 0 aliphatic rings. The van der Waals surface area contributed by atoms with Crippen LogP contribution in [0.3, 0.4) is 0 Å². The first-order valence-electron chi connectivity index (χ1n) is 10.6. The van der Waals surface area contributed by atoms with Gasteiger partial charge < -0.3 is 15.2 Å². The lowest BCUT2D eigenvalue weighted by molar-refractivity contribution is -0.149. The number of anilines is 1. The largest absolute Gasteiger partial charge is 0.479 e. The molecule has 0 saturated carbocycles. The van der Waals surface area contributed by atoms with E-state index in [2.05, 4.69) is 18.8 Å². The van der Waals surface area contributed by atoms with Crippen molar-refractivity contribution >= 4 is 17.7 Å². The van der Waals surface area contributed by atoms with E-state index in [-0.39, 0.29) is 19.1 Å². The summed E-state index contributed by atoms with van der Waals surface area (Å²) in [4.78, 5) is 25.3. The van der Waals surface area contributed by atoms with Crippen LogP contribution in [0, 0.1) is 0 Å². The van der Waals surface area contributed by atoms with E-state index in [1.54, 1.807) is 11.9 Å². The van der Waals surface area contributed by atoms with Gasteiger partial charge in [0, 0.05) is 25.7 Å². The quantitative estimate of drug-likeness (QED) is 0.376. The van der Waals surface area contributed by atoms with Crippen LogP contribution in [-0.4, -0.2) is 43.4 Å². The van der Waals surface area contributed by atoms with Crippen LogP contribution in [0.5, 0.6) is 0 Å². The third kappa shape index (κ3) is 7.57. The molecule has 2 rings (SSSR count). The number of unbranched alkanes of at least 4 members (excludes halogenated alkanes) is 2. The third-order valence-corrected chi connectivity index (χ3v) is 4.99. The number of amides is 2. The Hall–Kier alpha value is -3.12. The monoisotopic (exact) mass is 424 g/mol. The van der Waals surface area contributed by atoms with Gasteiger partial charge in [0.15, 0.2) is 6.10 Å². The predicted octanol–water partition coefficient (Wildman–Crippen LogP) is 4.89. The molecule has 0 aliphatic heterocycles. The highest BCUT2D eigenvalue weighted by molar-refractivity contribution is 5.92. The van der Waals surface area contributed by atoms with Crippen LogP contribution < -0.4 is 10.2 Å². The van der Waals surface area contributed by atoms with Crippen LogP contribution in [0.15, 0.2) is 61.2 Å². The minimum atomic E-state index is -0.991. The average Bonchev–Trinajstić information content (AvgIpc) is 2.79. The summed E-state index contributed by atoms with van der Waals surface area (Å²) < 4.78 is 5.32. The fourth-order valence-corrected chi connectivity index (χ4v) is 3.15. The standard InChI is InChI=1S/C25H32N2O4/c1-4-6-7-15-26-25(30)27(3)22-10-8-9-21(18-22)20-13-11-19(12-14-20)17-23(24(28)29)31-16-5-2/h5,8-14,18,23H,2,4,6-7,15-17H2,1,3H3,(H,26,30)(H,28,29). The Bertz CT molecular complexity index is 864. The van der Waals surface area contributed by atoms with E-state index in [9.17, 15) is 14.7 Å². The van der Waals surface area contributed by atoms with Crippen molar-refractivity contribution in [3.8, 4) is 11.1 Å². The molecule has 6 nitrogen and oxygen atoms in total. The highest BCUT2D eigenvalue weighted by Gasteiger charge is 2.18. The maximum atomic E-state index is 12.4. The Morgan fingerprint density at radius 2 is 1.90 bits per heavy atom. The minimum absolute atomic E-state index is 0.122. The van der Waals surface area contributed by atoms with E-state index in [1.807, 2.05) is 48.5 Å². The first-order valence-corrected chi connectivity index (χ1v) is 10.6. The molecule has 0 bridgehead atoms. The first-order chi connectivity index (χ1) is 15.0. The summed E-state index contributed by atoms with van der Waals surface area (Å²) in [6, 6.07) is 15.4. The normalized spacial score (nSPS) is 11.5. The molecule has 6 heteroatoms. The number of benzene rings is 2. The fourth-order valence-electron chi connectivity index (χ4n) is 3.15. The number of nitrogens with zero attached hydrogens (tertiary/aromatic N) is 1. The van der Waals surface area contributed by atoms with Gasteiger partial charge in [0.25, 0.3) is 0 Å². The van der Waals surface area contributed by atoms with Gasteiger partial charge in [0.1, 0.15) is 0 Å². The molecule has 2 aromatic carbocycles. The lowest BCUT2D eigenvalue weighted by atomic mass is 10.0. The van der Waals surface area contributed by atoms with Crippen LogP contribution in [-0.2, 0) is 16.0 Å². The topological polar surface area (TPSA) is 78.9 Å². The van der Waals surface area contributed by atoms with Gasteiger partial charge in [-0.15, -0.1) is 6.58 Å². The van der Waals surface area contributed by atoms with Crippen LogP contribution in [0.25, 0.3) is 11.1 Å². The minimum Gasteiger partial charge on any atom is -0.479 e. The number of rotatable bonds is 12. The summed E-state index contributed by atoms with van der Waals surface area (Å²) >= 11 is 0. The molecule has 0 fully saturated rings. The Kier molecular flexibility index (Phi) is 9.78. The Morgan fingerprint density at radius 1 is 1.16 bits per heavy atom. The van der Waals surface area contributed by atoms with Crippen molar-refractivity contribution in [2.75, 3.05) is 25.1 Å². The molecule has 31 heavy (non-hydrogen) atoms. The molecule has 0 radical (unpaired) electrons. The predicted molar refractivity (Wildman–Crippen MR) is 124 cm³/mol. The van der Waals surface area contributed by atoms with Gasteiger partial charge >= 0.3 is 12.0 Å². The number of nitrogens with one attached hydrogen (secondary N) is 1. The SMILES string of the molecule is C=CCOC(Cc1ccc(-c2cccc(N(C)C(=O)NCCCCC)c2)cc1)C(=O)O. The molecule has 2 amide bonds. The van der Waals surface area contributed by atoms with Crippen molar-refractivity contribution in [2.45, 2.75) is 38.7 Å². The van der Waals surface area contributed by atoms with Crippen molar-refractivity contribution in [1.29, 1.82) is 0 Å². The second-order valence-electron chi connectivity index (χ2n) is 7.40. The lowest BCUT2D eigenvalue weighted by Crippen LogP contribution is -2.37. The van der Waals surface area contributed by atoms with E-state index in [1.165, 1.54) is 6.08 Å². The number of aliphatic carboxylic acids is 1. The maximum absolute atomic E-state index is 12.4. The molecule has 1 atom stereocenters. The number of carboxylic acid groups (broad SMARTS) is 1. The summed E-state index contributed by atoms with van der Waals surface area (Å²) in [5.41, 5.74) is 3.65. The molecule has 0 saturated heterocycles. The van der Waals surface area contributed by atoms with E-state index in [0.717, 1.165) is 41.6 Å². The van der Waals surface area contributed by atoms with Gasteiger partial charge in [-0.3, -0.25) is 4.90 Å². The zero-order chi connectivity index (χ0) is 22.6. The summed E-state index contributed by atoms with van der Waals surface area (Å²) in [7, 11) is 1.76. The van der Waals surface area contributed by atoms with E-state index < -0.39 is 12.1 Å².